The van der Waals surface area contributed by atoms with Gasteiger partial charge in [0, 0.05) is 5.56 Å². The van der Waals surface area contributed by atoms with E-state index in [1.54, 1.807) is 6.07 Å². The van der Waals surface area contributed by atoms with Gasteiger partial charge in [0.15, 0.2) is 0 Å². The molecule has 1 unspecified atom stereocenters. The van der Waals surface area contributed by atoms with Gasteiger partial charge in [-0.05, 0) is 47.4 Å². The minimum atomic E-state index is -0.461. The van der Waals surface area contributed by atoms with Gasteiger partial charge in [0.1, 0.15) is 5.82 Å². The zero-order chi connectivity index (χ0) is 15.0. The fourth-order valence-corrected chi connectivity index (χ4v) is 3.00. The van der Waals surface area contributed by atoms with Gasteiger partial charge in [0.05, 0.1) is 6.04 Å². The molecule has 0 heterocycles. The molecule has 2 heteroatoms. The highest BCUT2D eigenvalue weighted by molar-refractivity contribution is 5.86. The SMILES string of the molecule is Cc1cc(C)c(C(N)c2cccc3ccccc23)c(F)c1. The zero-order valence-corrected chi connectivity index (χ0v) is 12.2. The highest BCUT2D eigenvalue weighted by Gasteiger charge is 2.18. The Labute approximate surface area is 124 Å². The molecule has 21 heavy (non-hydrogen) atoms. The van der Waals surface area contributed by atoms with Crippen LogP contribution in [0, 0.1) is 19.7 Å². The predicted octanol–water partition coefficient (Wildman–Crippen LogP) is 4.64. The lowest BCUT2D eigenvalue weighted by atomic mass is 9.91. The molecule has 0 saturated carbocycles. The van der Waals surface area contributed by atoms with Crippen LogP contribution in [-0.2, 0) is 0 Å². The summed E-state index contributed by atoms with van der Waals surface area (Å²) in [5.41, 5.74) is 9.74. The summed E-state index contributed by atoms with van der Waals surface area (Å²) >= 11 is 0. The van der Waals surface area contributed by atoms with Crippen molar-refractivity contribution in [3.8, 4) is 0 Å². The van der Waals surface area contributed by atoms with Gasteiger partial charge in [-0.25, -0.2) is 4.39 Å². The normalized spacial score (nSPS) is 12.6. The molecule has 106 valence electrons. The maximum atomic E-state index is 14.4. The molecule has 2 N–H and O–H groups in total. The van der Waals surface area contributed by atoms with E-state index in [1.807, 2.05) is 62.4 Å². The predicted molar refractivity (Wildman–Crippen MR) is 85.9 cm³/mol. The van der Waals surface area contributed by atoms with E-state index >= 15 is 0 Å². The standard InChI is InChI=1S/C19H18FN/c1-12-10-13(2)18(17(20)11-12)19(21)16-9-5-7-14-6-3-4-8-15(14)16/h3-11,19H,21H2,1-2H3. The van der Waals surface area contributed by atoms with Gasteiger partial charge in [-0.3, -0.25) is 0 Å². The van der Waals surface area contributed by atoms with Crippen molar-refractivity contribution < 1.29 is 4.39 Å². The molecule has 0 aromatic heterocycles. The Bertz CT molecular complexity index is 779. The maximum Gasteiger partial charge on any atom is 0.128 e. The van der Waals surface area contributed by atoms with Gasteiger partial charge in [-0.15, -0.1) is 0 Å². The van der Waals surface area contributed by atoms with Crippen molar-refractivity contribution in [1.29, 1.82) is 0 Å². The van der Waals surface area contributed by atoms with Crippen LogP contribution in [0.1, 0.15) is 28.3 Å². The molecule has 0 amide bonds. The molecule has 3 rings (SSSR count). The lowest BCUT2D eigenvalue weighted by Gasteiger charge is -2.18. The van der Waals surface area contributed by atoms with Gasteiger partial charge >= 0.3 is 0 Å². The van der Waals surface area contributed by atoms with Gasteiger partial charge < -0.3 is 5.73 Å². The van der Waals surface area contributed by atoms with Gasteiger partial charge in [-0.1, -0.05) is 48.5 Å². The Hall–Kier alpha value is -2.19. The van der Waals surface area contributed by atoms with E-state index in [1.165, 1.54) is 0 Å². The molecular weight excluding hydrogens is 261 g/mol. The second-order valence-corrected chi connectivity index (χ2v) is 5.52. The summed E-state index contributed by atoms with van der Waals surface area (Å²) in [6.45, 7) is 3.81. The van der Waals surface area contributed by atoms with Crippen molar-refractivity contribution in [3.63, 3.8) is 0 Å². The summed E-state index contributed by atoms with van der Waals surface area (Å²) in [4.78, 5) is 0. The van der Waals surface area contributed by atoms with Crippen molar-refractivity contribution >= 4 is 10.8 Å². The number of nitrogens with two attached hydrogens (primary N) is 1. The first-order chi connectivity index (χ1) is 10.1. The third-order valence-electron chi connectivity index (χ3n) is 3.95. The number of hydrogen-bond donors (Lipinski definition) is 1. The van der Waals surface area contributed by atoms with Gasteiger partial charge in [0.2, 0.25) is 0 Å². The Kier molecular flexibility index (Phi) is 3.48. The topological polar surface area (TPSA) is 26.0 Å². The van der Waals surface area contributed by atoms with Crippen LogP contribution < -0.4 is 5.73 Å². The van der Waals surface area contributed by atoms with E-state index in [-0.39, 0.29) is 5.82 Å². The average Bonchev–Trinajstić information content (AvgIpc) is 2.45. The summed E-state index contributed by atoms with van der Waals surface area (Å²) in [6.07, 6.45) is 0. The van der Waals surface area contributed by atoms with Crippen LogP contribution in [0.3, 0.4) is 0 Å². The number of hydrogen-bond acceptors (Lipinski definition) is 1. The monoisotopic (exact) mass is 279 g/mol. The minimum absolute atomic E-state index is 0.229. The van der Waals surface area contributed by atoms with E-state index < -0.39 is 6.04 Å². The smallest absolute Gasteiger partial charge is 0.128 e. The molecule has 0 aliphatic rings. The molecule has 0 aliphatic heterocycles. The van der Waals surface area contributed by atoms with E-state index in [9.17, 15) is 4.39 Å². The van der Waals surface area contributed by atoms with Crippen LogP contribution in [0.5, 0.6) is 0 Å². The first-order valence-electron chi connectivity index (χ1n) is 7.08. The van der Waals surface area contributed by atoms with Gasteiger partial charge in [-0.2, -0.15) is 0 Å². The Balaban J connectivity index is 2.20. The molecule has 0 aliphatic carbocycles. The number of rotatable bonds is 2. The van der Waals surface area contributed by atoms with Crippen molar-refractivity contribution in [2.75, 3.05) is 0 Å². The van der Waals surface area contributed by atoms with E-state index in [4.69, 9.17) is 5.73 Å². The highest BCUT2D eigenvalue weighted by atomic mass is 19.1. The van der Waals surface area contributed by atoms with Gasteiger partial charge in [0.25, 0.3) is 0 Å². The summed E-state index contributed by atoms with van der Waals surface area (Å²) < 4.78 is 14.4. The number of aryl methyl sites for hydroxylation is 2. The zero-order valence-electron chi connectivity index (χ0n) is 12.2. The Morgan fingerprint density at radius 3 is 2.43 bits per heavy atom. The second-order valence-electron chi connectivity index (χ2n) is 5.52. The van der Waals surface area contributed by atoms with E-state index in [0.29, 0.717) is 5.56 Å². The van der Waals surface area contributed by atoms with Crippen molar-refractivity contribution in [2.24, 2.45) is 5.73 Å². The fourth-order valence-electron chi connectivity index (χ4n) is 3.00. The summed E-state index contributed by atoms with van der Waals surface area (Å²) in [6, 6.07) is 17.1. The highest BCUT2D eigenvalue weighted by Crippen LogP contribution is 2.30. The molecular formula is C19H18FN. The largest absolute Gasteiger partial charge is 0.320 e. The Morgan fingerprint density at radius 2 is 1.67 bits per heavy atom. The molecule has 0 saturated heterocycles. The Morgan fingerprint density at radius 1 is 0.952 bits per heavy atom. The first-order valence-corrected chi connectivity index (χ1v) is 7.08. The summed E-state index contributed by atoms with van der Waals surface area (Å²) in [7, 11) is 0. The molecule has 0 spiro atoms. The molecule has 0 fully saturated rings. The van der Waals surface area contributed by atoms with Crippen LogP contribution >= 0.6 is 0 Å². The molecule has 1 nitrogen and oxygen atoms in total. The van der Waals surface area contributed by atoms with Crippen LogP contribution in [-0.4, -0.2) is 0 Å². The summed E-state index contributed by atoms with van der Waals surface area (Å²) in [5, 5.41) is 2.20. The molecule has 1 atom stereocenters. The quantitative estimate of drug-likeness (QED) is 0.726. The van der Waals surface area contributed by atoms with Crippen LogP contribution in [0.15, 0.2) is 54.6 Å². The van der Waals surface area contributed by atoms with Crippen molar-refractivity contribution in [2.45, 2.75) is 19.9 Å². The van der Waals surface area contributed by atoms with Crippen molar-refractivity contribution in [1.82, 2.24) is 0 Å². The third-order valence-corrected chi connectivity index (χ3v) is 3.95. The lowest BCUT2D eigenvalue weighted by Crippen LogP contribution is -2.16. The number of halogens is 1. The first kappa shape index (κ1) is 13.8. The molecule has 0 radical (unpaired) electrons. The molecule has 0 bridgehead atoms. The van der Waals surface area contributed by atoms with E-state index in [2.05, 4.69) is 0 Å². The lowest BCUT2D eigenvalue weighted by molar-refractivity contribution is 0.596. The molecule has 3 aromatic carbocycles. The number of benzene rings is 3. The fraction of sp³-hybridized carbons (Fsp3) is 0.158. The summed E-state index contributed by atoms with van der Waals surface area (Å²) in [5.74, 6) is -0.229. The minimum Gasteiger partial charge on any atom is -0.320 e. The maximum absolute atomic E-state index is 14.4. The van der Waals surface area contributed by atoms with Crippen LogP contribution in [0.25, 0.3) is 10.8 Å². The van der Waals surface area contributed by atoms with E-state index in [0.717, 1.165) is 27.5 Å². The average molecular weight is 279 g/mol. The van der Waals surface area contributed by atoms with Crippen LogP contribution in [0.4, 0.5) is 4.39 Å². The van der Waals surface area contributed by atoms with Crippen LogP contribution in [0.2, 0.25) is 0 Å². The second kappa shape index (κ2) is 5.30. The molecule has 3 aromatic rings. The number of fused-ring (bicyclic) bond motifs is 1. The third kappa shape index (κ3) is 2.43. The van der Waals surface area contributed by atoms with Crippen molar-refractivity contribution in [3.05, 3.63) is 82.7 Å².